The molecule has 1 aromatic carbocycles. The van der Waals surface area contributed by atoms with Crippen molar-refractivity contribution in [3.63, 3.8) is 0 Å². The number of aromatic nitrogens is 3. The van der Waals surface area contributed by atoms with Gasteiger partial charge < -0.3 is 26.3 Å². The van der Waals surface area contributed by atoms with E-state index >= 15 is 0 Å². The van der Waals surface area contributed by atoms with Crippen LogP contribution in [0.3, 0.4) is 0 Å². The van der Waals surface area contributed by atoms with Gasteiger partial charge in [-0.05, 0) is 31.6 Å². The molecule has 1 aliphatic rings. The highest BCUT2D eigenvalue weighted by molar-refractivity contribution is 5.81. The molecule has 0 aliphatic heterocycles. The SMILES string of the molecule is COc1cc(Nc2c3nccn3nc(N)c2[C@H]2CC[C@H](N)CC2)cc(OC)c1. The molecule has 0 atom stereocenters. The molecule has 3 aromatic rings. The topological polar surface area (TPSA) is 113 Å². The van der Waals surface area contributed by atoms with E-state index in [2.05, 4.69) is 15.4 Å². The van der Waals surface area contributed by atoms with Gasteiger partial charge in [0.25, 0.3) is 0 Å². The summed E-state index contributed by atoms with van der Waals surface area (Å²) in [5, 5.41) is 8.02. The number of methoxy groups -OCH3 is 2. The Bertz CT molecular complexity index is 956. The molecule has 2 heterocycles. The standard InChI is InChI=1S/C20H26N6O2/c1-27-15-9-14(10-16(11-15)28-2)24-18-17(12-3-5-13(21)6-4-12)19(22)25-26-8-7-23-20(18)26/h7-13,24H,3-6,21H2,1-2H3,(H2,22,25)/t12-,13-. The number of nitrogens with two attached hydrogens (primary N) is 2. The third-order valence-corrected chi connectivity index (χ3v) is 5.41. The van der Waals surface area contributed by atoms with Crippen LogP contribution in [0.5, 0.6) is 11.5 Å². The molecule has 1 fully saturated rings. The number of rotatable bonds is 5. The number of nitrogen functional groups attached to an aromatic ring is 1. The minimum Gasteiger partial charge on any atom is -0.497 e. The summed E-state index contributed by atoms with van der Waals surface area (Å²) in [6.07, 6.45) is 7.45. The van der Waals surface area contributed by atoms with Crippen LogP contribution in [0.25, 0.3) is 5.65 Å². The Morgan fingerprint density at radius 3 is 2.39 bits per heavy atom. The summed E-state index contributed by atoms with van der Waals surface area (Å²) in [4.78, 5) is 4.51. The van der Waals surface area contributed by atoms with Gasteiger partial charge in [-0.15, -0.1) is 5.10 Å². The molecule has 0 radical (unpaired) electrons. The van der Waals surface area contributed by atoms with Crippen molar-refractivity contribution in [2.45, 2.75) is 37.6 Å². The lowest BCUT2D eigenvalue weighted by Gasteiger charge is -2.28. The lowest BCUT2D eigenvalue weighted by molar-refractivity contribution is 0.394. The Hall–Kier alpha value is -3.00. The lowest BCUT2D eigenvalue weighted by atomic mass is 9.81. The van der Waals surface area contributed by atoms with Crippen LogP contribution in [0.1, 0.15) is 37.2 Å². The van der Waals surface area contributed by atoms with Crippen molar-refractivity contribution in [1.82, 2.24) is 14.6 Å². The molecule has 2 aromatic heterocycles. The third-order valence-electron chi connectivity index (χ3n) is 5.41. The summed E-state index contributed by atoms with van der Waals surface area (Å²) in [5.74, 6) is 2.22. The highest BCUT2D eigenvalue weighted by Gasteiger charge is 2.27. The number of nitrogens with one attached hydrogen (secondary N) is 1. The number of nitrogens with zero attached hydrogens (tertiary/aromatic N) is 3. The number of benzene rings is 1. The number of hydrogen-bond donors (Lipinski definition) is 3. The first-order valence-electron chi connectivity index (χ1n) is 9.47. The molecule has 0 amide bonds. The van der Waals surface area contributed by atoms with Crippen molar-refractivity contribution in [3.8, 4) is 11.5 Å². The largest absolute Gasteiger partial charge is 0.497 e. The van der Waals surface area contributed by atoms with Crippen LogP contribution in [0.15, 0.2) is 30.6 Å². The molecule has 8 heteroatoms. The molecule has 0 saturated heterocycles. The average Bonchev–Trinajstić information content (AvgIpc) is 3.17. The van der Waals surface area contributed by atoms with Crippen molar-refractivity contribution in [1.29, 1.82) is 0 Å². The number of ether oxygens (including phenoxy) is 2. The number of hydrogen-bond acceptors (Lipinski definition) is 7. The Morgan fingerprint density at radius 2 is 1.75 bits per heavy atom. The predicted octanol–water partition coefficient (Wildman–Crippen LogP) is 3.06. The summed E-state index contributed by atoms with van der Waals surface area (Å²) in [6, 6.07) is 5.93. The van der Waals surface area contributed by atoms with Gasteiger partial charge in [-0.2, -0.15) is 0 Å². The first-order chi connectivity index (χ1) is 13.6. The molecule has 8 nitrogen and oxygen atoms in total. The van der Waals surface area contributed by atoms with Gasteiger partial charge in [-0.3, -0.25) is 0 Å². The first kappa shape index (κ1) is 18.4. The zero-order valence-corrected chi connectivity index (χ0v) is 16.2. The van der Waals surface area contributed by atoms with Gasteiger partial charge in [-0.1, -0.05) is 0 Å². The number of fused-ring (bicyclic) bond motifs is 1. The van der Waals surface area contributed by atoms with Crippen LogP contribution in [-0.4, -0.2) is 34.9 Å². The van der Waals surface area contributed by atoms with Crippen LogP contribution in [0, 0.1) is 0 Å². The van der Waals surface area contributed by atoms with Crippen molar-refractivity contribution < 1.29 is 9.47 Å². The maximum absolute atomic E-state index is 6.40. The molecule has 28 heavy (non-hydrogen) atoms. The normalized spacial score (nSPS) is 19.5. The maximum Gasteiger partial charge on any atom is 0.177 e. The molecule has 4 rings (SSSR count). The summed E-state index contributed by atoms with van der Waals surface area (Å²) < 4.78 is 12.5. The van der Waals surface area contributed by atoms with E-state index in [1.165, 1.54) is 0 Å². The fourth-order valence-corrected chi connectivity index (χ4v) is 3.94. The fourth-order valence-electron chi connectivity index (χ4n) is 3.94. The van der Waals surface area contributed by atoms with Gasteiger partial charge in [0.15, 0.2) is 5.65 Å². The third kappa shape index (κ3) is 3.43. The van der Waals surface area contributed by atoms with Gasteiger partial charge in [-0.25, -0.2) is 9.50 Å². The molecule has 0 unspecified atom stereocenters. The second-order valence-corrected chi connectivity index (χ2v) is 7.21. The van der Waals surface area contributed by atoms with Crippen LogP contribution < -0.4 is 26.3 Å². The van der Waals surface area contributed by atoms with Gasteiger partial charge in [0, 0.05) is 47.9 Å². The van der Waals surface area contributed by atoms with Gasteiger partial charge in [0.1, 0.15) is 17.3 Å². The Kier molecular flexibility index (Phi) is 4.95. The van der Waals surface area contributed by atoms with Crippen molar-refractivity contribution in [2.24, 2.45) is 5.73 Å². The zero-order valence-electron chi connectivity index (χ0n) is 16.2. The first-order valence-corrected chi connectivity index (χ1v) is 9.47. The minimum absolute atomic E-state index is 0.264. The molecule has 0 bridgehead atoms. The van der Waals surface area contributed by atoms with E-state index in [1.807, 2.05) is 18.2 Å². The maximum atomic E-state index is 6.40. The van der Waals surface area contributed by atoms with Crippen molar-refractivity contribution in [3.05, 3.63) is 36.2 Å². The second kappa shape index (κ2) is 7.55. The predicted molar refractivity (Wildman–Crippen MR) is 109 cm³/mol. The van der Waals surface area contributed by atoms with Crippen LogP contribution in [0.4, 0.5) is 17.2 Å². The molecular weight excluding hydrogens is 356 g/mol. The monoisotopic (exact) mass is 382 g/mol. The average molecular weight is 382 g/mol. The quantitative estimate of drug-likeness (QED) is 0.621. The van der Waals surface area contributed by atoms with Gasteiger partial charge in [0.2, 0.25) is 0 Å². The Labute approximate surface area is 163 Å². The molecule has 5 N–H and O–H groups in total. The minimum atomic E-state index is 0.264. The fraction of sp³-hybridized carbons (Fsp3) is 0.400. The molecular formula is C20H26N6O2. The van der Waals surface area contributed by atoms with Crippen LogP contribution >= 0.6 is 0 Å². The van der Waals surface area contributed by atoms with Crippen LogP contribution in [-0.2, 0) is 0 Å². The highest BCUT2D eigenvalue weighted by atomic mass is 16.5. The van der Waals surface area contributed by atoms with E-state index in [4.69, 9.17) is 20.9 Å². The van der Waals surface area contributed by atoms with Crippen LogP contribution in [0.2, 0.25) is 0 Å². The second-order valence-electron chi connectivity index (χ2n) is 7.21. The summed E-state index contributed by atoms with van der Waals surface area (Å²) in [7, 11) is 3.26. The summed E-state index contributed by atoms with van der Waals surface area (Å²) in [6.45, 7) is 0. The number of imidazole rings is 1. The van der Waals surface area contributed by atoms with E-state index in [0.717, 1.165) is 48.3 Å². The van der Waals surface area contributed by atoms with Gasteiger partial charge in [0.05, 0.1) is 19.9 Å². The highest BCUT2D eigenvalue weighted by Crippen LogP contribution is 2.41. The summed E-state index contributed by atoms with van der Waals surface area (Å²) >= 11 is 0. The van der Waals surface area contributed by atoms with E-state index in [-0.39, 0.29) is 6.04 Å². The molecule has 0 spiro atoms. The van der Waals surface area contributed by atoms with Crippen molar-refractivity contribution in [2.75, 3.05) is 25.3 Å². The van der Waals surface area contributed by atoms with Crippen molar-refractivity contribution >= 4 is 22.8 Å². The number of anilines is 3. The van der Waals surface area contributed by atoms with E-state index in [1.54, 1.807) is 31.1 Å². The molecule has 148 valence electrons. The smallest absolute Gasteiger partial charge is 0.177 e. The molecule has 1 aliphatic carbocycles. The Balaban J connectivity index is 1.81. The van der Waals surface area contributed by atoms with E-state index in [0.29, 0.717) is 23.2 Å². The van der Waals surface area contributed by atoms with E-state index in [9.17, 15) is 0 Å². The zero-order chi connectivity index (χ0) is 19.7. The van der Waals surface area contributed by atoms with E-state index < -0.39 is 0 Å². The lowest BCUT2D eigenvalue weighted by Crippen LogP contribution is -2.26. The summed E-state index contributed by atoms with van der Waals surface area (Å²) in [5.41, 5.74) is 15.9. The Morgan fingerprint density at radius 1 is 1.07 bits per heavy atom. The molecule has 1 saturated carbocycles. The van der Waals surface area contributed by atoms with Gasteiger partial charge >= 0.3 is 0 Å².